The van der Waals surface area contributed by atoms with Crippen molar-refractivity contribution in [1.29, 1.82) is 0 Å². The van der Waals surface area contributed by atoms with Gasteiger partial charge in [-0.1, -0.05) is 0 Å². The lowest BCUT2D eigenvalue weighted by Gasteiger charge is -2.37. The second-order valence-corrected chi connectivity index (χ2v) is 7.50. The van der Waals surface area contributed by atoms with E-state index in [1.54, 1.807) is 13.8 Å². The molecule has 0 amide bonds. The normalized spacial score (nSPS) is 20.0. The number of hydrogen-bond acceptors (Lipinski definition) is 4. The van der Waals surface area contributed by atoms with Crippen molar-refractivity contribution < 1.29 is 17.5 Å². The van der Waals surface area contributed by atoms with E-state index in [0.29, 0.717) is 0 Å². The highest BCUT2D eigenvalue weighted by Crippen LogP contribution is 2.28. The number of anilines is 1. The van der Waals surface area contributed by atoms with Gasteiger partial charge in [0.25, 0.3) is 0 Å². The van der Waals surface area contributed by atoms with Crippen molar-refractivity contribution in [1.82, 2.24) is 4.31 Å². The zero-order valence-corrected chi connectivity index (χ0v) is 12.6. The number of halogens is 1. The third kappa shape index (κ3) is 2.79. The van der Waals surface area contributed by atoms with Crippen molar-refractivity contribution in [2.45, 2.75) is 31.3 Å². The quantitative estimate of drug-likeness (QED) is 0.841. The molecule has 0 bridgehead atoms. The largest absolute Gasteiger partial charge is 0.399 e. The lowest BCUT2D eigenvalue weighted by atomic mass is 10.1. The van der Waals surface area contributed by atoms with Crippen LogP contribution < -0.4 is 5.73 Å². The molecule has 2 rings (SSSR count). The van der Waals surface area contributed by atoms with Gasteiger partial charge in [-0.15, -0.1) is 0 Å². The number of aryl methyl sites for hydroxylation is 1. The number of nitrogen functional groups attached to an aromatic ring is 1. The van der Waals surface area contributed by atoms with Gasteiger partial charge in [-0.3, -0.25) is 0 Å². The second kappa shape index (κ2) is 4.98. The fraction of sp³-hybridized carbons (Fsp3) is 0.538. The Morgan fingerprint density at radius 1 is 1.40 bits per heavy atom. The molecule has 1 saturated heterocycles. The summed E-state index contributed by atoms with van der Waals surface area (Å²) in [6.45, 7) is 5.77. The molecule has 0 unspecified atom stereocenters. The number of sulfonamides is 1. The first kappa shape index (κ1) is 15.2. The first-order chi connectivity index (χ1) is 9.13. The van der Waals surface area contributed by atoms with E-state index >= 15 is 0 Å². The number of ether oxygens (including phenoxy) is 1. The van der Waals surface area contributed by atoms with Gasteiger partial charge in [0, 0.05) is 18.8 Å². The van der Waals surface area contributed by atoms with Gasteiger partial charge in [-0.2, -0.15) is 4.31 Å². The predicted molar refractivity (Wildman–Crippen MR) is 74.3 cm³/mol. The molecule has 1 aliphatic heterocycles. The summed E-state index contributed by atoms with van der Waals surface area (Å²) in [5.41, 5.74) is 5.50. The summed E-state index contributed by atoms with van der Waals surface area (Å²) in [5.74, 6) is -0.747. The van der Waals surface area contributed by atoms with Crippen molar-refractivity contribution in [3.8, 4) is 0 Å². The number of nitrogens with two attached hydrogens (primary N) is 1. The topological polar surface area (TPSA) is 72.6 Å². The van der Waals surface area contributed by atoms with Crippen LogP contribution in [-0.2, 0) is 14.8 Å². The standard InChI is InChI=1S/C13H19FN2O3S/c1-9-6-10(15)7-11(12(9)14)20(17,18)16-4-5-19-13(2,3)8-16/h6-7H,4-5,8,15H2,1-3H3. The van der Waals surface area contributed by atoms with Crippen LogP contribution in [0.5, 0.6) is 0 Å². The van der Waals surface area contributed by atoms with Gasteiger partial charge in [-0.05, 0) is 38.5 Å². The zero-order valence-electron chi connectivity index (χ0n) is 11.8. The lowest BCUT2D eigenvalue weighted by Crippen LogP contribution is -2.50. The number of nitrogens with zero attached hydrogens (tertiary/aromatic N) is 1. The molecule has 1 aliphatic rings. The van der Waals surface area contributed by atoms with Crippen molar-refractivity contribution >= 4 is 15.7 Å². The van der Waals surface area contributed by atoms with E-state index in [4.69, 9.17) is 10.5 Å². The summed E-state index contributed by atoms with van der Waals surface area (Å²) in [5, 5.41) is 0. The average Bonchev–Trinajstić information content (AvgIpc) is 2.32. The predicted octanol–water partition coefficient (Wildman–Crippen LogP) is 1.52. The SMILES string of the molecule is Cc1cc(N)cc(S(=O)(=O)N2CCOC(C)(C)C2)c1F. The van der Waals surface area contributed by atoms with Gasteiger partial charge >= 0.3 is 0 Å². The fourth-order valence-electron chi connectivity index (χ4n) is 2.27. The van der Waals surface area contributed by atoms with Crippen LogP contribution >= 0.6 is 0 Å². The van der Waals surface area contributed by atoms with Gasteiger partial charge in [0.2, 0.25) is 10.0 Å². The lowest BCUT2D eigenvalue weighted by molar-refractivity contribution is -0.0640. The van der Waals surface area contributed by atoms with E-state index in [0.717, 1.165) is 0 Å². The summed E-state index contributed by atoms with van der Waals surface area (Å²) in [4.78, 5) is -0.368. The van der Waals surface area contributed by atoms with Crippen molar-refractivity contribution in [2.75, 3.05) is 25.4 Å². The Bertz CT molecular complexity index is 629. The molecule has 0 atom stereocenters. The van der Waals surface area contributed by atoms with Gasteiger partial charge in [-0.25, -0.2) is 12.8 Å². The minimum atomic E-state index is -3.91. The first-order valence-electron chi connectivity index (χ1n) is 6.33. The Kier molecular flexibility index (Phi) is 3.79. The first-order valence-corrected chi connectivity index (χ1v) is 7.77. The third-order valence-electron chi connectivity index (χ3n) is 3.25. The Balaban J connectivity index is 2.46. The molecule has 2 N–H and O–H groups in total. The number of hydrogen-bond donors (Lipinski definition) is 1. The monoisotopic (exact) mass is 302 g/mol. The maximum atomic E-state index is 14.1. The van der Waals surface area contributed by atoms with Crippen LogP contribution in [0.1, 0.15) is 19.4 Å². The minimum absolute atomic E-state index is 0.183. The second-order valence-electron chi connectivity index (χ2n) is 5.60. The highest BCUT2D eigenvalue weighted by Gasteiger charge is 2.36. The zero-order chi connectivity index (χ0) is 15.1. The van der Waals surface area contributed by atoms with E-state index < -0.39 is 21.4 Å². The van der Waals surface area contributed by atoms with Crippen LogP contribution in [0.15, 0.2) is 17.0 Å². The van der Waals surface area contributed by atoms with E-state index in [9.17, 15) is 12.8 Å². The Hall–Kier alpha value is -1.18. The Morgan fingerprint density at radius 2 is 2.05 bits per heavy atom. The number of rotatable bonds is 2. The van der Waals surface area contributed by atoms with Crippen LogP contribution in [-0.4, -0.2) is 38.0 Å². The van der Waals surface area contributed by atoms with Crippen LogP contribution in [0.4, 0.5) is 10.1 Å². The molecule has 1 aromatic carbocycles. The molecule has 5 nitrogen and oxygen atoms in total. The molecule has 112 valence electrons. The third-order valence-corrected chi connectivity index (χ3v) is 5.10. The molecule has 0 aromatic heterocycles. The maximum absolute atomic E-state index is 14.1. The van der Waals surface area contributed by atoms with Gasteiger partial charge in [0.15, 0.2) is 0 Å². The number of benzene rings is 1. The molecule has 1 aromatic rings. The van der Waals surface area contributed by atoms with Crippen LogP contribution in [0.25, 0.3) is 0 Å². The Morgan fingerprint density at radius 3 is 2.65 bits per heavy atom. The van der Waals surface area contributed by atoms with E-state index in [2.05, 4.69) is 0 Å². The molecule has 1 heterocycles. The summed E-state index contributed by atoms with van der Waals surface area (Å²) in [6, 6.07) is 2.58. The van der Waals surface area contributed by atoms with Gasteiger partial charge in [0.05, 0.1) is 12.2 Å². The molecular weight excluding hydrogens is 283 g/mol. The minimum Gasteiger partial charge on any atom is -0.399 e. The highest BCUT2D eigenvalue weighted by atomic mass is 32.2. The molecule has 0 aliphatic carbocycles. The molecule has 0 spiro atoms. The molecular formula is C13H19FN2O3S. The summed E-state index contributed by atoms with van der Waals surface area (Å²) in [7, 11) is -3.91. The molecule has 0 saturated carbocycles. The number of morpholine rings is 1. The van der Waals surface area contributed by atoms with Gasteiger partial charge in [0.1, 0.15) is 10.7 Å². The molecule has 1 fully saturated rings. The van der Waals surface area contributed by atoms with Crippen LogP contribution in [0, 0.1) is 12.7 Å². The van der Waals surface area contributed by atoms with Crippen molar-refractivity contribution in [2.24, 2.45) is 0 Å². The van der Waals surface area contributed by atoms with E-state index in [1.165, 1.54) is 23.4 Å². The summed E-state index contributed by atoms with van der Waals surface area (Å²) >= 11 is 0. The Labute approximate surface area is 118 Å². The van der Waals surface area contributed by atoms with E-state index in [-0.39, 0.29) is 35.8 Å². The van der Waals surface area contributed by atoms with Crippen LogP contribution in [0.2, 0.25) is 0 Å². The molecule has 20 heavy (non-hydrogen) atoms. The maximum Gasteiger partial charge on any atom is 0.246 e. The highest BCUT2D eigenvalue weighted by molar-refractivity contribution is 7.89. The summed E-state index contributed by atoms with van der Waals surface area (Å²) < 4.78 is 46.0. The van der Waals surface area contributed by atoms with Crippen molar-refractivity contribution in [3.05, 3.63) is 23.5 Å². The van der Waals surface area contributed by atoms with Crippen molar-refractivity contribution in [3.63, 3.8) is 0 Å². The smallest absolute Gasteiger partial charge is 0.246 e. The summed E-state index contributed by atoms with van der Waals surface area (Å²) in [6.07, 6.45) is 0. The van der Waals surface area contributed by atoms with E-state index in [1.807, 2.05) is 0 Å². The molecule has 7 heteroatoms. The van der Waals surface area contributed by atoms with Crippen LogP contribution in [0.3, 0.4) is 0 Å². The van der Waals surface area contributed by atoms with Gasteiger partial charge < -0.3 is 10.5 Å². The average molecular weight is 302 g/mol. The fourth-order valence-corrected chi connectivity index (χ4v) is 4.02. The molecule has 0 radical (unpaired) electrons.